The number of hydrogen-bond donors (Lipinski definition) is 3. The molecule has 1 atom stereocenters. The molecule has 0 aliphatic heterocycles. The summed E-state index contributed by atoms with van der Waals surface area (Å²) in [5.41, 5.74) is 7.94. The molecule has 29 heavy (non-hydrogen) atoms. The van der Waals surface area contributed by atoms with Gasteiger partial charge in [0.1, 0.15) is 23.2 Å². The summed E-state index contributed by atoms with van der Waals surface area (Å²) in [6, 6.07) is 6.85. The van der Waals surface area contributed by atoms with Crippen LogP contribution in [0.25, 0.3) is 11.1 Å². The molecule has 8 nitrogen and oxygen atoms in total. The van der Waals surface area contributed by atoms with E-state index in [4.69, 9.17) is 10.2 Å². The number of nitrogens with zero attached hydrogens (tertiary/aromatic N) is 3. The van der Waals surface area contributed by atoms with E-state index in [2.05, 4.69) is 20.3 Å². The van der Waals surface area contributed by atoms with Crippen molar-refractivity contribution >= 4 is 34.4 Å². The predicted octanol–water partition coefficient (Wildman–Crippen LogP) is 4.11. The zero-order valence-electron chi connectivity index (χ0n) is 16.6. The van der Waals surface area contributed by atoms with Crippen LogP contribution >= 0.6 is 0 Å². The molecule has 0 bridgehead atoms. The number of anilines is 1. The molecule has 1 saturated carbocycles. The third-order valence-corrected chi connectivity index (χ3v) is 4.98. The number of fused-ring (bicyclic) bond motifs is 1. The first-order valence-electron chi connectivity index (χ1n) is 9.54. The third kappa shape index (κ3) is 3.91. The Morgan fingerprint density at radius 2 is 2.07 bits per heavy atom. The summed E-state index contributed by atoms with van der Waals surface area (Å²) < 4.78 is 5.62. The summed E-state index contributed by atoms with van der Waals surface area (Å²) in [6.07, 6.45) is 2.01. The van der Waals surface area contributed by atoms with Gasteiger partial charge in [0.05, 0.1) is 22.7 Å². The highest BCUT2D eigenvalue weighted by Crippen LogP contribution is 2.33. The van der Waals surface area contributed by atoms with Gasteiger partial charge in [-0.1, -0.05) is 6.07 Å². The van der Waals surface area contributed by atoms with Crippen molar-refractivity contribution in [3.8, 4) is 0 Å². The number of aromatic nitrogens is 2. The number of nitrogens with two attached hydrogens (primary N) is 1. The largest absolute Gasteiger partial charge is 0.478 e. The Balaban J connectivity index is 1.68. The van der Waals surface area contributed by atoms with E-state index in [-0.39, 0.29) is 17.5 Å². The van der Waals surface area contributed by atoms with E-state index in [0.717, 1.165) is 29.6 Å². The maximum absolute atomic E-state index is 11.6. The van der Waals surface area contributed by atoms with Crippen molar-refractivity contribution in [3.05, 3.63) is 47.0 Å². The fraction of sp³-hybridized carbons (Fsp3) is 0.333. The number of carboxylic acid groups (broad SMARTS) is 1. The van der Waals surface area contributed by atoms with Crippen LogP contribution in [-0.2, 0) is 0 Å². The van der Waals surface area contributed by atoms with Crippen LogP contribution in [0.2, 0.25) is 0 Å². The molecule has 0 saturated heterocycles. The number of nitrogens with one attached hydrogen (secondary N) is 1. The normalized spacial score (nSPS) is 15.5. The Hall–Kier alpha value is -3.42. The maximum Gasteiger partial charge on any atom is 0.337 e. The third-order valence-electron chi connectivity index (χ3n) is 4.98. The van der Waals surface area contributed by atoms with E-state index < -0.39 is 5.97 Å². The Bertz CT molecular complexity index is 1130. The average molecular weight is 393 g/mol. The molecule has 1 fully saturated rings. The van der Waals surface area contributed by atoms with Gasteiger partial charge in [-0.2, -0.15) is 4.98 Å². The number of rotatable bonds is 6. The van der Waals surface area contributed by atoms with Crippen LogP contribution in [0.3, 0.4) is 0 Å². The van der Waals surface area contributed by atoms with Crippen LogP contribution in [0.15, 0.2) is 33.7 Å². The van der Waals surface area contributed by atoms with Crippen LogP contribution in [-0.4, -0.2) is 26.9 Å². The molecule has 2 aromatic heterocycles. The quantitative estimate of drug-likeness (QED) is 0.425. The van der Waals surface area contributed by atoms with E-state index in [9.17, 15) is 9.90 Å². The number of benzene rings is 1. The fourth-order valence-corrected chi connectivity index (χ4v) is 3.25. The molecule has 0 unspecified atom stereocenters. The van der Waals surface area contributed by atoms with E-state index in [1.54, 1.807) is 18.2 Å². The van der Waals surface area contributed by atoms with Crippen LogP contribution in [0.5, 0.6) is 0 Å². The molecule has 3 aromatic rings. The van der Waals surface area contributed by atoms with E-state index in [0.29, 0.717) is 28.9 Å². The lowest BCUT2D eigenvalue weighted by Gasteiger charge is -2.17. The number of aliphatic imine (C=N–C) groups is 1. The Kier molecular flexibility index (Phi) is 4.70. The zero-order valence-corrected chi connectivity index (χ0v) is 16.6. The minimum Gasteiger partial charge on any atom is -0.478 e. The van der Waals surface area contributed by atoms with Crippen molar-refractivity contribution in [3.63, 3.8) is 0 Å². The monoisotopic (exact) mass is 393 g/mol. The highest BCUT2D eigenvalue weighted by Gasteiger charge is 2.26. The van der Waals surface area contributed by atoms with E-state index in [1.165, 1.54) is 0 Å². The molecule has 0 amide bonds. The average Bonchev–Trinajstić information content (AvgIpc) is 3.43. The lowest BCUT2D eigenvalue weighted by molar-refractivity contribution is 0.0698. The molecule has 150 valence electrons. The number of aromatic carboxylic acids is 1. The van der Waals surface area contributed by atoms with Crippen molar-refractivity contribution in [1.29, 1.82) is 0 Å². The van der Waals surface area contributed by atoms with E-state index in [1.807, 2.05) is 26.8 Å². The first-order chi connectivity index (χ1) is 13.8. The lowest BCUT2D eigenvalue weighted by atomic mass is 10.0. The van der Waals surface area contributed by atoms with Gasteiger partial charge in [0.15, 0.2) is 0 Å². The predicted molar refractivity (Wildman–Crippen MR) is 111 cm³/mol. The topological polar surface area (TPSA) is 127 Å². The summed E-state index contributed by atoms with van der Waals surface area (Å²) in [5.74, 6) is 1.76. The highest BCUT2D eigenvalue weighted by atomic mass is 16.4. The Morgan fingerprint density at radius 1 is 1.31 bits per heavy atom. The van der Waals surface area contributed by atoms with Gasteiger partial charge in [0.2, 0.25) is 5.71 Å². The first-order valence-corrected chi connectivity index (χ1v) is 9.54. The fourth-order valence-electron chi connectivity index (χ4n) is 3.25. The first kappa shape index (κ1) is 18.9. The molecular formula is C21H23N5O3. The number of hydrogen-bond acceptors (Lipinski definition) is 6. The van der Waals surface area contributed by atoms with Gasteiger partial charge in [-0.05, 0) is 57.4 Å². The Labute approximate surface area is 167 Å². The second-order valence-corrected chi connectivity index (χ2v) is 7.45. The van der Waals surface area contributed by atoms with Crippen molar-refractivity contribution in [2.75, 3.05) is 5.32 Å². The number of furan rings is 1. The van der Waals surface area contributed by atoms with Gasteiger partial charge in [0, 0.05) is 5.92 Å². The summed E-state index contributed by atoms with van der Waals surface area (Å²) in [5, 5.41) is 13.7. The smallest absolute Gasteiger partial charge is 0.337 e. The SMILES string of the molecule is Cc1nc(N[C@@H](C)c2ccc(C(=O)O)c(N=C(N)C3CC3)c2)c2cc(C)oc2n1. The number of aryl methyl sites for hydroxylation is 2. The van der Waals surface area contributed by atoms with Crippen LogP contribution in [0.4, 0.5) is 11.5 Å². The van der Waals surface area contributed by atoms with Gasteiger partial charge in [0.25, 0.3) is 0 Å². The van der Waals surface area contributed by atoms with Gasteiger partial charge in [-0.15, -0.1) is 0 Å². The molecule has 2 heterocycles. The summed E-state index contributed by atoms with van der Waals surface area (Å²) >= 11 is 0. The molecule has 1 aliphatic rings. The maximum atomic E-state index is 11.6. The second-order valence-electron chi connectivity index (χ2n) is 7.45. The minimum absolute atomic E-state index is 0.135. The second kappa shape index (κ2) is 7.20. The van der Waals surface area contributed by atoms with Crippen molar-refractivity contribution in [2.24, 2.45) is 16.6 Å². The molecule has 4 rings (SSSR count). The summed E-state index contributed by atoms with van der Waals surface area (Å²) in [7, 11) is 0. The standard InChI is InChI=1S/C21H23N5O3/c1-10-8-16-19(24-12(3)25-20(16)29-10)23-11(2)14-6-7-15(21(27)28)17(9-14)26-18(22)13-4-5-13/h6-9,11,13H,4-5H2,1-3H3,(H2,22,26)(H,27,28)(H,23,24,25)/t11-/m0/s1. The minimum atomic E-state index is -1.03. The lowest BCUT2D eigenvalue weighted by Crippen LogP contribution is -2.14. The van der Waals surface area contributed by atoms with Crippen molar-refractivity contribution in [2.45, 2.75) is 39.7 Å². The Morgan fingerprint density at radius 3 is 2.76 bits per heavy atom. The van der Waals surface area contributed by atoms with Crippen LogP contribution in [0.1, 0.15) is 53.3 Å². The van der Waals surface area contributed by atoms with Crippen molar-refractivity contribution in [1.82, 2.24) is 9.97 Å². The molecule has 0 spiro atoms. The number of carbonyl (C=O) groups is 1. The number of amidine groups is 1. The van der Waals surface area contributed by atoms with Gasteiger partial charge in [-0.25, -0.2) is 14.8 Å². The molecular weight excluding hydrogens is 370 g/mol. The molecule has 0 radical (unpaired) electrons. The molecule has 1 aromatic carbocycles. The van der Waals surface area contributed by atoms with E-state index >= 15 is 0 Å². The van der Waals surface area contributed by atoms with Crippen LogP contribution < -0.4 is 11.1 Å². The summed E-state index contributed by atoms with van der Waals surface area (Å²) in [4.78, 5) is 24.8. The highest BCUT2D eigenvalue weighted by molar-refractivity contribution is 5.96. The molecule has 8 heteroatoms. The molecule has 1 aliphatic carbocycles. The van der Waals surface area contributed by atoms with Crippen LogP contribution in [0, 0.1) is 19.8 Å². The van der Waals surface area contributed by atoms with Gasteiger partial charge in [-0.3, -0.25) is 0 Å². The molecule has 4 N–H and O–H groups in total. The summed E-state index contributed by atoms with van der Waals surface area (Å²) in [6.45, 7) is 5.65. The van der Waals surface area contributed by atoms with Gasteiger partial charge >= 0.3 is 5.97 Å². The van der Waals surface area contributed by atoms with Gasteiger partial charge < -0.3 is 20.6 Å². The number of carboxylic acids is 1. The van der Waals surface area contributed by atoms with Crippen molar-refractivity contribution < 1.29 is 14.3 Å². The zero-order chi connectivity index (χ0) is 20.7.